The molecule has 0 saturated heterocycles. The molecule has 0 radical (unpaired) electrons. The van der Waals surface area contributed by atoms with E-state index in [1.54, 1.807) is 0 Å². The molecule has 0 aliphatic heterocycles. The summed E-state index contributed by atoms with van der Waals surface area (Å²) >= 11 is 0. The summed E-state index contributed by atoms with van der Waals surface area (Å²) in [7, 11) is 4.27. The highest BCUT2D eigenvalue weighted by Crippen LogP contribution is 2.22. The van der Waals surface area contributed by atoms with Gasteiger partial charge in [0.25, 0.3) is 5.56 Å². The molecule has 8 heteroatoms. The quantitative estimate of drug-likeness (QED) is 0.493. The largest absolute Gasteiger partial charge is 0.339 e. The van der Waals surface area contributed by atoms with E-state index in [9.17, 15) is 19.7 Å². The first-order valence-corrected chi connectivity index (χ1v) is 4.75. The van der Waals surface area contributed by atoms with Gasteiger partial charge in [0.2, 0.25) is 0 Å². The number of fused-ring (bicyclic) bond motifs is 1. The molecule has 8 nitrogen and oxygen atoms in total. The van der Waals surface area contributed by atoms with Crippen molar-refractivity contribution in [1.82, 2.24) is 13.7 Å². The first kappa shape index (κ1) is 11.1. The Morgan fingerprint density at radius 1 is 1.12 bits per heavy atom. The molecule has 0 N–H and O–H groups in total. The summed E-state index contributed by atoms with van der Waals surface area (Å²) in [4.78, 5) is 33.8. The van der Waals surface area contributed by atoms with E-state index in [-0.39, 0.29) is 16.7 Å². The second-order valence-corrected chi connectivity index (χ2v) is 3.79. The van der Waals surface area contributed by atoms with Crippen molar-refractivity contribution in [3.8, 4) is 0 Å². The number of nitrogens with zero attached hydrogens (tertiary/aromatic N) is 4. The van der Waals surface area contributed by atoms with E-state index in [2.05, 4.69) is 0 Å². The molecule has 0 fully saturated rings. The molecule has 0 spiro atoms. The third kappa shape index (κ3) is 1.30. The highest BCUT2D eigenvalue weighted by atomic mass is 16.6. The van der Waals surface area contributed by atoms with Crippen LogP contribution >= 0.6 is 0 Å². The Labute approximate surface area is 94.5 Å². The van der Waals surface area contributed by atoms with Gasteiger partial charge in [-0.3, -0.25) is 24.0 Å². The van der Waals surface area contributed by atoms with Crippen LogP contribution in [0.4, 0.5) is 5.69 Å². The molecular weight excluding hydrogens is 228 g/mol. The summed E-state index contributed by atoms with van der Waals surface area (Å²) in [6, 6.07) is 0. The molecule has 0 bridgehead atoms. The molecule has 90 valence electrons. The third-order valence-corrected chi connectivity index (χ3v) is 2.75. The van der Waals surface area contributed by atoms with Gasteiger partial charge in [-0.25, -0.2) is 4.79 Å². The van der Waals surface area contributed by atoms with Gasteiger partial charge in [0.05, 0.1) is 11.1 Å². The van der Waals surface area contributed by atoms with Gasteiger partial charge in [-0.05, 0) is 0 Å². The standard InChI is InChI=1S/C9H10N4O4/c1-10-4-5(13(16)17)6-7(10)8(14)12(3)9(15)11(6)2/h4H,1-3H3. The summed E-state index contributed by atoms with van der Waals surface area (Å²) in [5, 5.41) is 10.9. The molecule has 0 atom stereocenters. The lowest BCUT2D eigenvalue weighted by molar-refractivity contribution is -0.383. The number of hydrogen-bond donors (Lipinski definition) is 0. The van der Waals surface area contributed by atoms with Crippen molar-refractivity contribution in [3.05, 3.63) is 37.1 Å². The molecule has 0 aliphatic carbocycles. The zero-order chi connectivity index (χ0) is 12.9. The van der Waals surface area contributed by atoms with Crippen LogP contribution in [0.15, 0.2) is 15.8 Å². The topological polar surface area (TPSA) is 92.1 Å². The number of hydrogen-bond acceptors (Lipinski definition) is 4. The summed E-state index contributed by atoms with van der Waals surface area (Å²) in [6.07, 6.45) is 1.23. The van der Waals surface area contributed by atoms with Crippen molar-refractivity contribution in [2.24, 2.45) is 21.1 Å². The van der Waals surface area contributed by atoms with E-state index in [0.29, 0.717) is 0 Å². The van der Waals surface area contributed by atoms with Crippen molar-refractivity contribution >= 4 is 16.7 Å². The summed E-state index contributed by atoms with van der Waals surface area (Å²) in [6.45, 7) is 0. The maximum absolute atomic E-state index is 11.9. The van der Waals surface area contributed by atoms with Crippen LogP contribution < -0.4 is 11.2 Å². The van der Waals surface area contributed by atoms with E-state index >= 15 is 0 Å². The molecule has 0 aliphatic rings. The maximum atomic E-state index is 11.9. The predicted octanol–water partition coefficient (Wildman–Crippen LogP) is -0.516. The SMILES string of the molecule is Cn1c(=O)c2c(c([N+](=O)[O-])cn2C)n(C)c1=O. The van der Waals surface area contributed by atoms with Crippen molar-refractivity contribution < 1.29 is 4.92 Å². The van der Waals surface area contributed by atoms with E-state index in [1.807, 2.05) is 0 Å². The predicted molar refractivity (Wildman–Crippen MR) is 60.1 cm³/mol. The normalized spacial score (nSPS) is 11.0. The fraction of sp³-hybridized carbons (Fsp3) is 0.333. The van der Waals surface area contributed by atoms with Gasteiger partial charge in [-0.1, -0.05) is 0 Å². The van der Waals surface area contributed by atoms with Crippen LogP contribution in [0.2, 0.25) is 0 Å². The zero-order valence-electron chi connectivity index (χ0n) is 9.50. The van der Waals surface area contributed by atoms with Crippen LogP contribution in [0.25, 0.3) is 11.0 Å². The Morgan fingerprint density at radius 3 is 2.24 bits per heavy atom. The molecule has 0 amide bonds. The van der Waals surface area contributed by atoms with Crippen molar-refractivity contribution in [2.75, 3.05) is 0 Å². The summed E-state index contributed by atoms with van der Waals surface area (Å²) in [5.41, 5.74) is -1.19. The van der Waals surface area contributed by atoms with Gasteiger partial charge in [0.1, 0.15) is 5.52 Å². The summed E-state index contributed by atoms with van der Waals surface area (Å²) < 4.78 is 3.39. The van der Waals surface area contributed by atoms with Crippen LogP contribution in [-0.2, 0) is 21.1 Å². The second kappa shape index (κ2) is 3.30. The molecule has 0 aromatic carbocycles. The van der Waals surface area contributed by atoms with Gasteiger partial charge in [-0.2, -0.15) is 0 Å². The Bertz CT molecular complexity index is 749. The fourth-order valence-electron chi connectivity index (χ4n) is 1.88. The van der Waals surface area contributed by atoms with Gasteiger partial charge in [0.15, 0.2) is 5.52 Å². The minimum Gasteiger partial charge on any atom is -0.339 e. The lowest BCUT2D eigenvalue weighted by atomic mass is 10.4. The van der Waals surface area contributed by atoms with Gasteiger partial charge in [0, 0.05) is 21.1 Å². The first-order valence-electron chi connectivity index (χ1n) is 4.75. The summed E-state index contributed by atoms with van der Waals surface area (Å²) in [5.74, 6) is 0. The Morgan fingerprint density at radius 2 is 1.71 bits per heavy atom. The van der Waals surface area contributed by atoms with Crippen LogP contribution in [0.3, 0.4) is 0 Å². The van der Waals surface area contributed by atoms with Crippen molar-refractivity contribution in [2.45, 2.75) is 0 Å². The molecule has 17 heavy (non-hydrogen) atoms. The number of rotatable bonds is 1. The molecule has 0 unspecified atom stereocenters. The molecule has 2 aromatic heterocycles. The van der Waals surface area contributed by atoms with Crippen LogP contribution in [0.5, 0.6) is 0 Å². The monoisotopic (exact) mass is 238 g/mol. The fourth-order valence-corrected chi connectivity index (χ4v) is 1.88. The maximum Gasteiger partial charge on any atom is 0.331 e. The van der Waals surface area contributed by atoms with Crippen molar-refractivity contribution in [1.29, 1.82) is 0 Å². The highest BCUT2D eigenvalue weighted by molar-refractivity contribution is 5.85. The average molecular weight is 238 g/mol. The average Bonchev–Trinajstić information content (AvgIpc) is 2.61. The van der Waals surface area contributed by atoms with E-state index in [1.165, 1.54) is 31.9 Å². The van der Waals surface area contributed by atoms with E-state index in [4.69, 9.17) is 0 Å². The lowest BCUT2D eigenvalue weighted by Gasteiger charge is -2.03. The highest BCUT2D eigenvalue weighted by Gasteiger charge is 2.23. The smallest absolute Gasteiger partial charge is 0.331 e. The van der Waals surface area contributed by atoms with E-state index < -0.39 is 16.2 Å². The van der Waals surface area contributed by atoms with Crippen molar-refractivity contribution in [3.63, 3.8) is 0 Å². The molecule has 2 aromatic rings. The second-order valence-electron chi connectivity index (χ2n) is 3.79. The van der Waals surface area contributed by atoms with Gasteiger partial charge >= 0.3 is 11.4 Å². The number of nitro groups is 1. The third-order valence-electron chi connectivity index (χ3n) is 2.75. The van der Waals surface area contributed by atoms with Gasteiger partial charge < -0.3 is 4.57 Å². The number of aromatic nitrogens is 3. The zero-order valence-corrected chi connectivity index (χ0v) is 9.50. The molecule has 2 heterocycles. The molecule has 2 rings (SSSR count). The van der Waals surface area contributed by atoms with Crippen LogP contribution in [-0.4, -0.2) is 18.6 Å². The lowest BCUT2D eigenvalue weighted by Crippen LogP contribution is -2.37. The number of aryl methyl sites for hydroxylation is 2. The van der Waals surface area contributed by atoms with Gasteiger partial charge in [-0.15, -0.1) is 0 Å². The minimum absolute atomic E-state index is 0.0469. The van der Waals surface area contributed by atoms with E-state index in [0.717, 1.165) is 9.13 Å². The minimum atomic E-state index is -0.610. The van der Waals surface area contributed by atoms with Crippen LogP contribution in [0, 0.1) is 10.1 Å². The first-order chi connectivity index (χ1) is 7.86. The molecule has 0 saturated carbocycles. The Hall–Kier alpha value is -2.38. The Kier molecular flexibility index (Phi) is 2.16. The Balaban J connectivity index is 3.20. The molecular formula is C9H10N4O4. The van der Waals surface area contributed by atoms with Crippen LogP contribution in [0.1, 0.15) is 0 Å².